The molecule has 1 amide bonds. The first-order chi connectivity index (χ1) is 17.1. The molecule has 4 aliphatic rings. The molecule has 1 N–H and O–H groups in total. The van der Waals surface area contributed by atoms with Crippen molar-refractivity contribution in [2.75, 3.05) is 18.7 Å². The Hall–Kier alpha value is -3.71. The summed E-state index contributed by atoms with van der Waals surface area (Å²) in [6, 6.07) is 19.4. The van der Waals surface area contributed by atoms with Gasteiger partial charge in [0.1, 0.15) is 11.4 Å². The monoisotopic (exact) mass is 470 g/mol. The van der Waals surface area contributed by atoms with Crippen LogP contribution in [0.2, 0.25) is 0 Å². The van der Waals surface area contributed by atoms with Gasteiger partial charge in [0.05, 0.1) is 5.92 Å². The Morgan fingerprint density at radius 1 is 1.03 bits per heavy atom. The number of benzene rings is 3. The molecular weight excluding hydrogens is 447 g/mol. The van der Waals surface area contributed by atoms with Crippen LogP contribution in [0.25, 0.3) is 0 Å². The molecule has 3 aromatic rings. The zero-order valence-corrected chi connectivity index (χ0v) is 18.9. The lowest BCUT2D eigenvalue weighted by Crippen LogP contribution is -2.52. The molecule has 3 aromatic carbocycles. The quantitative estimate of drug-likeness (QED) is 0.573. The van der Waals surface area contributed by atoms with E-state index in [9.17, 15) is 14.0 Å². The van der Waals surface area contributed by atoms with Crippen molar-refractivity contribution in [1.82, 2.24) is 4.90 Å². The Balaban J connectivity index is 1.47. The number of hydrogen-bond donors (Lipinski definition) is 1. The molecule has 176 valence electrons. The highest BCUT2D eigenvalue weighted by Gasteiger charge is 2.69. The van der Waals surface area contributed by atoms with Crippen LogP contribution < -0.4 is 14.8 Å². The first-order valence-corrected chi connectivity index (χ1v) is 12.0. The maximum atomic E-state index is 14.6. The van der Waals surface area contributed by atoms with Crippen molar-refractivity contribution in [3.05, 3.63) is 89.2 Å². The average Bonchev–Trinajstić information content (AvgIpc) is 3.63. The minimum Gasteiger partial charge on any atom is -0.454 e. The van der Waals surface area contributed by atoms with Crippen LogP contribution in [0.15, 0.2) is 66.7 Å². The number of halogens is 1. The van der Waals surface area contributed by atoms with E-state index in [-0.39, 0.29) is 30.4 Å². The molecular formula is C28H23FN2O4. The fourth-order valence-electron chi connectivity index (χ4n) is 6.81. The van der Waals surface area contributed by atoms with Gasteiger partial charge in [-0.1, -0.05) is 30.3 Å². The Kier molecular flexibility index (Phi) is 4.36. The third-order valence-corrected chi connectivity index (χ3v) is 8.09. The minimum absolute atomic E-state index is 0.0136. The standard InChI is InChI=1S/C28H23FN2O4/c29-18-9-10-20-19(14-18)28(27(33)30-20)25(26(32)17-8-11-22-23(13-17)35-15-34-22)24(16-5-2-1-3-6-16)21-7-4-12-31(21)28/h1-3,5-6,8-11,13-14,21,24-25H,4,7,12,15H2,(H,30,33)/t21-,24-,25+,28+/m1/s1. The van der Waals surface area contributed by atoms with Gasteiger partial charge in [-0.3, -0.25) is 14.5 Å². The van der Waals surface area contributed by atoms with Crippen LogP contribution >= 0.6 is 0 Å². The Labute approximate surface area is 201 Å². The highest BCUT2D eigenvalue weighted by atomic mass is 19.1. The third-order valence-electron chi connectivity index (χ3n) is 8.09. The molecule has 2 fully saturated rings. The van der Waals surface area contributed by atoms with E-state index >= 15 is 0 Å². The number of carbonyl (C=O) groups excluding carboxylic acids is 2. The zero-order valence-electron chi connectivity index (χ0n) is 18.9. The van der Waals surface area contributed by atoms with E-state index in [0.717, 1.165) is 18.4 Å². The molecule has 1 spiro atoms. The molecule has 0 unspecified atom stereocenters. The van der Waals surface area contributed by atoms with Crippen molar-refractivity contribution in [1.29, 1.82) is 0 Å². The van der Waals surface area contributed by atoms with Crippen molar-refractivity contribution in [3.8, 4) is 11.5 Å². The molecule has 7 heteroatoms. The van der Waals surface area contributed by atoms with Crippen LogP contribution in [-0.4, -0.2) is 36.0 Å². The second-order valence-corrected chi connectivity index (χ2v) is 9.66. The van der Waals surface area contributed by atoms with Gasteiger partial charge in [-0.15, -0.1) is 0 Å². The van der Waals surface area contributed by atoms with Gasteiger partial charge in [-0.25, -0.2) is 4.39 Å². The van der Waals surface area contributed by atoms with Crippen molar-refractivity contribution in [3.63, 3.8) is 0 Å². The van der Waals surface area contributed by atoms with Crippen LogP contribution in [-0.2, 0) is 10.3 Å². The van der Waals surface area contributed by atoms with E-state index in [0.29, 0.717) is 34.9 Å². The van der Waals surface area contributed by atoms with E-state index in [2.05, 4.69) is 10.2 Å². The number of hydrogen-bond acceptors (Lipinski definition) is 5. The molecule has 35 heavy (non-hydrogen) atoms. The summed E-state index contributed by atoms with van der Waals surface area (Å²) in [5, 5.41) is 2.98. The first kappa shape index (κ1) is 20.6. The zero-order chi connectivity index (χ0) is 23.7. The van der Waals surface area contributed by atoms with Crippen LogP contribution in [0.4, 0.5) is 10.1 Å². The van der Waals surface area contributed by atoms with Gasteiger partial charge in [0.15, 0.2) is 17.3 Å². The number of fused-ring (bicyclic) bond motifs is 5. The topological polar surface area (TPSA) is 67.9 Å². The van der Waals surface area contributed by atoms with E-state index in [1.165, 1.54) is 12.1 Å². The smallest absolute Gasteiger partial charge is 0.250 e. The van der Waals surface area contributed by atoms with Gasteiger partial charge in [-0.2, -0.15) is 0 Å². The summed E-state index contributed by atoms with van der Waals surface area (Å²) in [6.45, 7) is 0.778. The number of carbonyl (C=O) groups is 2. The van der Waals surface area contributed by atoms with Gasteiger partial charge in [-0.05, 0) is 61.3 Å². The highest BCUT2D eigenvalue weighted by molar-refractivity contribution is 6.12. The molecule has 0 saturated carbocycles. The first-order valence-electron chi connectivity index (χ1n) is 12.0. The fourth-order valence-corrected chi connectivity index (χ4v) is 6.81. The van der Waals surface area contributed by atoms with E-state index in [4.69, 9.17) is 9.47 Å². The molecule has 7 rings (SSSR count). The number of amides is 1. The van der Waals surface area contributed by atoms with Crippen LogP contribution in [0.5, 0.6) is 11.5 Å². The number of anilines is 1. The van der Waals surface area contributed by atoms with Crippen molar-refractivity contribution in [2.45, 2.75) is 30.3 Å². The Morgan fingerprint density at radius 2 is 1.86 bits per heavy atom. The van der Waals surface area contributed by atoms with Crippen molar-refractivity contribution in [2.24, 2.45) is 5.92 Å². The van der Waals surface area contributed by atoms with Gasteiger partial charge in [0.2, 0.25) is 12.7 Å². The number of nitrogens with one attached hydrogen (secondary N) is 1. The summed E-state index contributed by atoms with van der Waals surface area (Å²) in [6.07, 6.45) is 1.78. The maximum absolute atomic E-state index is 14.6. The van der Waals surface area contributed by atoms with Crippen LogP contribution in [0, 0.1) is 11.7 Å². The van der Waals surface area contributed by atoms with Crippen molar-refractivity contribution < 1.29 is 23.5 Å². The van der Waals surface area contributed by atoms with E-state index in [1.54, 1.807) is 24.3 Å². The summed E-state index contributed by atoms with van der Waals surface area (Å²) in [4.78, 5) is 30.6. The van der Waals surface area contributed by atoms with Gasteiger partial charge < -0.3 is 14.8 Å². The van der Waals surface area contributed by atoms with E-state index < -0.39 is 17.3 Å². The van der Waals surface area contributed by atoms with Crippen LogP contribution in [0.3, 0.4) is 0 Å². The normalized spacial score (nSPS) is 28.3. The summed E-state index contributed by atoms with van der Waals surface area (Å²) < 4.78 is 25.6. The molecule has 2 saturated heterocycles. The number of ether oxygens (including phenoxy) is 2. The fraction of sp³-hybridized carbons (Fsp3) is 0.286. The molecule has 0 aliphatic carbocycles. The molecule has 0 aromatic heterocycles. The molecule has 6 nitrogen and oxygen atoms in total. The predicted molar refractivity (Wildman–Crippen MR) is 126 cm³/mol. The van der Waals surface area contributed by atoms with Crippen molar-refractivity contribution >= 4 is 17.4 Å². The summed E-state index contributed by atoms with van der Waals surface area (Å²) >= 11 is 0. The van der Waals surface area contributed by atoms with Crippen LogP contribution in [0.1, 0.15) is 40.2 Å². The Morgan fingerprint density at radius 3 is 2.71 bits per heavy atom. The lowest BCUT2D eigenvalue weighted by atomic mass is 9.68. The highest BCUT2D eigenvalue weighted by Crippen LogP contribution is 2.61. The lowest BCUT2D eigenvalue weighted by Gasteiger charge is -2.36. The number of nitrogens with zero attached hydrogens (tertiary/aromatic N) is 1. The second kappa shape index (κ2) is 7.39. The molecule has 4 aliphatic heterocycles. The lowest BCUT2D eigenvalue weighted by molar-refractivity contribution is -0.127. The maximum Gasteiger partial charge on any atom is 0.250 e. The minimum atomic E-state index is -1.29. The van der Waals surface area contributed by atoms with Gasteiger partial charge in [0.25, 0.3) is 0 Å². The van der Waals surface area contributed by atoms with E-state index in [1.807, 2.05) is 30.3 Å². The number of rotatable bonds is 3. The summed E-state index contributed by atoms with van der Waals surface area (Å²) in [7, 11) is 0. The van der Waals surface area contributed by atoms with Gasteiger partial charge in [0, 0.05) is 28.8 Å². The largest absolute Gasteiger partial charge is 0.454 e. The molecule has 4 atom stereocenters. The second-order valence-electron chi connectivity index (χ2n) is 9.66. The molecule has 4 heterocycles. The summed E-state index contributed by atoms with van der Waals surface area (Å²) in [5.74, 6) is -0.694. The number of Topliss-reactive ketones (excluding diaryl/α,β-unsaturated/α-hetero) is 1. The Bertz CT molecular complexity index is 1380. The number of ketones is 1. The SMILES string of the molecule is O=C(c1ccc2c(c1)OCO2)[C@@H]1[C@H](c2ccccc2)[C@H]2CCCN2[C@]12C(=O)Nc1ccc(F)cc12. The molecule has 0 bridgehead atoms. The average molecular weight is 471 g/mol. The van der Waals surface area contributed by atoms with Gasteiger partial charge >= 0.3 is 0 Å². The molecule has 0 radical (unpaired) electrons. The summed E-state index contributed by atoms with van der Waals surface area (Å²) in [5.41, 5.74) is 1.30. The predicted octanol–water partition coefficient (Wildman–Crippen LogP) is 4.46. The third kappa shape index (κ3) is 2.73.